The molecule has 0 aromatic heterocycles. The number of hydrogen-bond donors (Lipinski definition) is 1. The highest BCUT2D eigenvalue weighted by Crippen LogP contribution is 2.39. The lowest BCUT2D eigenvalue weighted by Crippen LogP contribution is -2.44. The van der Waals surface area contributed by atoms with Crippen molar-refractivity contribution in [2.45, 2.75) is 18.3 Å². The van der Waals surface area contributed by atoms with Crippen LogP contribution in [0, 0.1) is 0 Å². The highest BCUT2D eigenvalue weighted by atomic mass is 16.5. The topological polar surface area (TPSA) is 75.3 Å². The molecule has 1 saturated heterocycles. The van der Waals surface area contributed by atoms with Crippen molar-refractivity contribution in [3.8, 4) is 23.0 Å². The van der Waals surface area contributed by atoms with Crippen LogP contribution in [0.1, 0.15) is 28.8 Å². The molecule has 0 radical (unpaired) electrons. The summed E-state index contributed by atoms with van der Waals surface area (Å²) in [6.45, 7) is 1.82. The van der Waals surface area contributed by atoms with Crippen LogP contribution in [0.2, 0.25) is 0 Å². The molecule has 0 atom stereocenters. The van der Waals surface area contributed by atoms with Crippen LogP contribution in [0.25, 0.3) is 0 Å². The van der Waals surface area contributed by atoms with Gasteiger partial charge >= 0.3 is 0 Å². The van der Waals surface area contributed by atoms with Gasteiger partial charge in [-0.15, -0.1) is 0 Å². The molecule has 1 aliphatic rings. The predicted molar refractivity (Wildman–Crippen MR) is 113 cm³/mol. The fraction of sp³-hybridized carbons (Fsp3) is 0.435. The highest BCUT2D eigenvalue weighted by Gasteiger charge is 2.35. The van der Waals surface area contributed by atoms with Crippen molar-refractivity contribution in [3.05, 3.63) is 47.5 Å². The van der Waals surface area contributed by atoms with E-state index in [1.807, 2.05) is 12.1 Å². The van der Waals surface area contributed by atoms with E-state index in [9.17, 15) is 4.79 Å². The molecule has 0 spiro atoms. The number of benzene rings is 2. The molecule has 0 saturated carbocycles. The second kappa shape index (κ2) is 9.71. The van der Waals surface area contributed by atoms with Crippen LogP contribution in [0.3, 0.4) is 0 Å². The summed E-state index contributed by atoms with van der Waals surface area (Å²) >= 11 is 0. The number of carbonyl (C=O) groups excluding carboxylic acids is 1. The predicted octanol–water partition coefficient (Wildman–Crippen LogP) is 3.20. The van der Waals surface area contributed by atoms with Gasteiger partial charge in [0.2, 0.25) is 5.75 Å². The summed E-state index contributed by atoms with van der Waals surface area (Å²) in [5.74, 6) is 1.95. The van der Waals surface area contributed by atoms with Crippen molar-refractivity contribution in [3.63, 3.8) is 0 Å². The Bertz CT molecular complexity index is 833. The molecule has 2 aromatic carbocycles. The van der Waals surface area contributed by atoms with Gasteiger partial charge in [0.05, 0.1) is 28.4 Å². The quantitative estimate of drug-likeness (QED) is 0.714. The Hall–Kier alpha value is -2.93. The van der Waals surface area contributed by atoms with E-state index in [4.69, 9.17) is 23.7 Å². The van der Waals surface area contributed by atoms with Crippen molar-refractivity contribution in [2.75, 3.05) is 48.2 Å². The summed E-state index contributed by atoms with van der Waals surface area (Å²) < 4.78 is 26.9. The highest BCUT2D eigenvalue weighted by molar-refractivity contribution is 5.95. The van der Waals surface area contributed by atoms with Crippen LogP contribution in [0.5, 0.6) is 23.0 Å². The van der Waals surface area contributed by atoms with Crippen LogP contribution in [0.4, 0.5) is 0 Å². The third kappa shape index (κ3) is 4.46. The zero-order valence-electron chi connectivity index (χ0n) is 17.9. The maximum Gasteiger partial charge on any atom is 0.251 e. The van der Waals surface area contributed by atoms with Gasteiger partial charge in [0, 0.05) is 30.7 Å². The SMILES string of the molecule is COc1ccc(C2(CNC(=O)c3cc(OC)c(OC)c(OC)c3)CCOCC2)cc1. The number of hydrogen-bond acceptors (Lipinski definition) is 6. The second-order valence-corrected chi connectivity index (χ2v) is 7.22. The van der Waals surface area contributed by atoms with E-state index in [1.165, 1.54) is 21.3 Å². The van der Waals surface area contributed by atoms with Crippen molar-refractivity contribution in [1.29, 1.82) is 0 Å². The fourth-order valence-electron chi connectivity index (χ4n) is 3.84. The van der Waals surface area contributed by atoms with Gasteiger partial charge in [0.15, 0.2) is 11.5 Å². The number of amides is 1. The molecule has 3 rings (SSSR count). The average molecular weight is 415 g/mol. The van der Waals surface area contributed by atoms with Crippen LogP contribution in [-0.2, 0) is 10.2 Å². The monoisotopic (exact) mass is 415 g/mol. The first-order valence-electron chi connectivity index (χ1n) is 9.87. The van der Waals surface area contributed by atoms with E-state index >= 15 is 0 Å². The maximum atomic E-state index is 13.0. The van der Waals surface area contributed by atoms with Gasteiger partial charge in [-0.05, 0) is 42.7 Å². The molecule has 1 N–H and O–H groups in total. The lowest BCUT2D eigenvalue weighted by molar-refractivity contribution is 0.0487. The Balaban J connectivity index is 1.82. The van der Waals surface area contributed by atoms with E-state index in [2.05, 4.69) is 17.4 Å². The molecule has 7 nitrogen and oxygen atoms in total. The van der Waals surface area contributed by atoms with E-state index in [0.717, 1.165) is 24.2 Å². The molecule has 0 unspecified atom stereocenters. The first kappa shape index (κ1) is 21.8. The van der Waals surface area contributed by atoms with E-state index in [1.54, 1.807) is 19.2 Å². The minimum atomic E-state index is -0.200. The number of carbonyl (C=O) groups is 1. The molecule has 30 heavy (non-hydrogen) atoms. The van der Waals surface area contributed by atoms with Crippen molar-refractivity contribution in [2.24, 2.45) is 0 Å². The molecule has 7 heteroatoms. The first-order chi connectivity index (χ1) is 14.6. The minimum Gasteiger partial charge on any atom is -0.497 e. The summed E-state index contributed by atoms with van der Waals surface area (Å²) in [5.41, 5.74) is 1.42. The molecular formula is C23H29NO6. The summed E-state index contributed by atoms with van der Waals surface area (Å²) in [4.78, 5) is 13.0. The molecule has 2 aromatic rings. The van der Waals surface area contributed by atoms with Crippen LogP contribution < -0.4 is 24.3 Å². The van der Waals surface area contributed by atoms with Gasteiger partial charge in [-0.25, -0.2) is 0 Å². The van der Waals surface area contributed by atoms with Gasteiger partial charge in [0.1, 0.15) is 5.75 Å². The zero-order chi connectivity index (χ0) is 21.6. The number of ether oxygens (including phenoxy) is 5. The zero-order valence-corrected chi connectivity index (χ0v) is 17.9. The van der Waals surface area contributed by atoms with E-state index in [0.29, 0.717) is 42.6 Å². The lowest BCUT2D eigenvalue weighted by Gasteiger charge is -2.38. The third-order valence-electron chi connectivity index (χ3n) is 5.67. The van der Waals surface area contributed by atoms with Crippen LogP contribution in [0.15, 0.2) is 36.4 Å². The van der Waals surface area contributed by atoms with Crippen LogP contribution >= 0.6 is 0 Å². The van der Waals surface area contributed by atoms with Gasteiger partial charge in [-0.3, -0.25) is 4.79 Å². The van der Waals surface area contributed by atoms with Gasteiger partial charge in [0.25, 0.3) is 5.91 Å². The van der Waals surface area contributed by atoms with E-state index in [-0.39, 0.29) is 11.3 Å². The minimum absolute atomic E-state index is 0.194. The number of nitrogens with one attached hydrogen (secondary N) is 1. The molecule has 0 bridgehead atoms. The van der Waals surface area contributed by atoms with Gasteiger partial charge in [-0.1, -0.05) is 12.1 Å². The Morgan fingerprint density at radius 3 is 2.03 bits per heavy atom. The molecule has 1 amide bonds. The smallest absolute Gasteiger partial charge is 0.251 e. The summed E-state index contributed by atoms with van der Waals surface area (Å²) in [7, 11) is 6.24. The van der Waals surface area contributed by atoms with E-state index < -0.39 is 0 Å². The average Bonchev–Trinajstić information content (AvgIpc) is 2.82. The summed E-state index contributed by atoms with van der Waals surface area (Å²) in [6.07, 6.45) is 1.66. The van der Waals surface area contributed by atoms with Gasteiger partial charge in [-0.2, -0.15) is 0 Å². The fourth-order valence-corrected chi connectivity index (χ4v) is 3.84. The molecule has 0 aliphatic carbocycles. The lowest BCUT2D eigenvalue weighted by atomic mass is 9.74. The van der Waals surface area contributed by atoms with Crippen LogP contribution in [-0.4, -0.2) is 54.1 Å². The normalized spacial score (nSPS) is 15.2. The number of rotatable bonds is 8. The third-order valence-corrected chi connectivity index (χ3v) is 5.67. The summed E-state index contributed by atoms with van der Waals surface area (Å²) in [5, 5.41) is 3.10. The second-order valence-electron chi connectivity index (χ2n) is 7.22. The maximum absolute atomic E-state index is 13.0. The molecule has 1 heterocycles. The Labute approximate surface area is 177 Å². The van der Waals surface area contributed by atoms with Crippen molar-refractivity contribution in [1.82, 2.24) is 5.32 Å². The molecular weight excluding hydrogens is 386 g/mol. The van der Waals surface area contributed by atoms with Crippen molar-refractivity contribution < 1.29 is 28.5 Å². The Morgan fingerprint density at radius 2 is 1.53 bits per heavy atom. The molecule has 1 aliphatic heterocycles. The largest absolute Gasteiger partial charge is 0.497 e. The Morgan fingerprint density at radius 1 is 0.933 bits per heavy atom. The first-order valence-corrected chi connectivity index (χ1v) is 9.87. The number of methoxy groups -OCH3 is 4. The Kier molecular flexibility index (Phi) is 7.05. The van der Waals surface area contributed by atoms with Crippen molar-refractivity contribution >= 4 is 5.91 Å². The summed E-state index contributed by atoms with van der Waals surface area (Å²) in [6, 6.07) is 11.3. The molecule has 162 valence electrons. The standard InChI is InChI=1S/C23H29NO6/c1-26-18-7-5-17(6-8-18)23(9-11-30-12-10-23)15-24-22(25)16-13-19(27-2)21(29-4)20(14-16)28-3/h5-8,13-14H,9-12,15H2,1-4H3,(H,24,25). The van der Waals surface area contributed by atoms with Gasteiger partial charge < -0.3 is 29.0 Å². The molecule has 1 fully saturated rings.